The Labute approximate surface area is 90.2 Å². The highest BCUT2D eigenvalue weighted by atomic mass is 16.5. The first-order valence-electron chi connectivity index (χ1n) is 5.65. The Kier molecular flexibility index (Phi) is 2.96. The van der Waals surface area contributed by atoms with E-state index in [-0.39, 0.29) is 0 Å². The van der Waals surface area contributed by atoms with Gasteiger partial charge in [0.2, 0.25) is 0 Å². The van der Waals surface area contributed by atoms with Gasteiger partial charge in [0.15, 0.2) is 0 Å². The first kappa shape index (κ1) is 10.9. The van der Waals surface area contributed by atoms with Crippen LogP contribution in [-0.4, -0.2) is 37.0 Å². The molecule has 4 nitrogen and oxygen atoms in total. The highest BCUT2D eigenvalue weighted by Crippen LogP contribution is 2.44. The number of hydrogen-bond donors (Lipinski definition) is 2. The van der Waals surface area contributed by atoms with Crippen molar-refractivity contribution >= 4 is 0 Å². The molecule has 0 aromatic heterocycles. The molecule has 2 saturated heterocycles. The molecule has 2 N–H and O–H groups in total. The monoisotopic (exact) mass is 210 g/mol. The van der Waals surface area contributed by atoms with Crippen molar-refractivity contribution in [3.63, 3.8) is 0 Å². The Morgan fingerprint density at radius 2 is 2.13 bits per heavy atom. The largest absolute Gasteiger partial charge is 0.388 e. The zero-order chi connectivity index (χ0) is 10.8. The van der Waals surface area contributed by atoms with E-state index in [4.69, 9.17) is 4.74 Å². The van der Waals surface area contributed by atoms with Gasteiger partial charge in [-0.1, -0.05) is 0 Å². The fraction of sp³-hybridized carbons (Fsp3) is 0.909. The number of nitriles is 1. The molecule has 2 heterocycles. The normalized spacial score (nSPS) is 42.1. The van der Waals surface area contributed by atoms with Crippen molar-refractivity contribution in [2.24, 2.45) is 5.41 Å². The molecule has 2 rings (SSSR count). The van der Waals surface area contributed by atoms with E-state index in [2.05, 4.69) is 11.4 Å². The number of rotatable bonds is 1. The zero-order valence-electron chi connectivity index (χ0n) is 8.96. The van der Waals surface area contributed by atoms with Crippen LogP contribution in [0.3, 0.4) is 0 Å². The number of aliphatic hydroxyl groups is 1. The second-order valence-electron chi connectivity index (χ2n) is 4.63. The summed E-state index contributed by atoms with van der Waals surface area (Å²) in [5.74, 6) is 0. The second kappa shape index (κ2) is 4.09. The lowest BCUT2D eigenvalue weighted by Crippen LogP contribution is -2.48. The molecule has 0 spiro atoms. The summed E-state index contributed by atoms with van der Waals surface area (Å²) in [5.41, 5.74) is -1.53. The lowest BCUT2D eigenvalue weighted by Gasteiger charge is -2.38. The quantitative estimate of drug-likeness (QED) is 0.658. The van der Waals surface area contributed by atoms with Crippen LogP contribution >= 0.6 is 0 Å². The first-order valence-corrected chi connectivity index (χ1v) is 5.65. The van der Waals surface area contributed by atoms with Gasteiger partial charge in [-0.25, -0.2) is 0 Å². The van der Waals surface area contributed by atoms with Crippen molar-refractivity contribution < 1.29 is 9.84 Å². The maximum absolute atomic E-state index is 10.7. The van der Waals surface area contributed by atoms with E-state index in [1.807, 2.05) is 0 Å². The highest BCUT2D eigenvalue weighted by molar-refractivity contribution is 5.14. The molecule has 2 atom stereocenters. The van der Waals surface area contributed by atoms with Gasteiger partial charge in [-0.15, -0.1) is 0 Å². The fourth-order valence-electron chi connectivity index (χ4n) is 2.65. The topological polar surface area (TPSA) is 65.3 Å². The third-order valence-corrected chi connectivity index (χ3v) is 3.79. The van der Waals surface area contributed by atoms with Crippen LogP contribution in [0.2, 0.25) is 0 Å². The molecule has 2 aliphatic heterocycles. The summed E-state index contributed by atoms with van der Waals surface area (Å²) in [6.07, 6.45) is 2.96. The second-order valence-corrected chi connectivity index (χ2v) is 4.63. The summed E-state index contributed by atoms with van der Waals surface area (Å²) in [6, 6.07) is 2.31. The molecule has 0 bridgehead atoms. The Morgan fingerprint density at radius 3 is 2.80 bits per heavy atom. The van der Waals surface area contributed by atoms with Crippen LogP contribution in [0.15, 0.2) is 0 Å². The van der Waals surface area contributed by atoms with Crippen LogP contribution in [0, 0.1) is 16.7 Å². The summed E-state index contributed by atoms with van der Waals surface area (Å²) in [4.78, 5) is 0. The predicted octanol–water partition coefficient (Wildman–Crippen LogP) is 0.421. The molecule has 2 fully saturated rings. The van der Waals surface area contributed by atoms with Crippen LogP contribution in [0.1, 0.15) is 25.7 Å². The van der Waals surface area contributed by atoms with Crippen molar-refractivity contribution in [2.45, 2.75) is 31.3 Å². The van der Waals surface area contributed by atoms with E-state index in [0.717, 1.165) is 19.5 Å². The molecular formula is C11H18N2O2. The molecule has 84 valence electrons. The third-order valence-electron chi connectivity index (χ3n) is 3.79. The summed E-state index contributed by atoms with van der Waals surface area (Å²) >= 11 is 0. The zero-order valence-corrected chi connectivity index (χ0v) is 8.96. The first-order chi connectivity index (χ1) is 7.22. The van der Waals surface area contributed by atoms with Gasteiger partial charge in [-0.3, -0.25) is 0 Å². The Balaban J connectivity index is 2.21. The summed E-state index contributed by atoms with van der Waals surface area (Å²) in [6.45, 7) is 2.72. The van der Waals surface area contributed by atoms with Crippen molar-refractivity contribution in [3.8, 4) is 6.07 Å². The van der Waals surface area contributed by atoms with E-state index in [9.17, 15) is 10.4 Å². The number of hydrogen-bond acceptors (Lipinski definition) is 4. The molecule has 0 aromatic carbocycles. The minimum absolute atomic E-state index is 0.389. The molecule has 4 heteroatoms. The van der Waals surface area contributed by atoms with E-state index < -0.39 is 11.0 Å². The molecule has 0 radical (unpaired) electrons. The molecule has 2 unspecified atom stereocenters. The number of nitrogens with one attached hydrogen (secondary N) is 1. The number of nitrogens with zero attached hydrogens (tertiary/aromatic N) is 1. The van der Waals surface area contributed by atoms with Crippen LogP contribution in [0.5, 0.6) is 0 Å². The average Bonchev–Trinajstić information content (AvgIpc) is 2.64. The van der Waals surface area contributed by atoms with E-state index in [0.29, 0.717) is 32.5 Å². The maximum atomic E-state index is 10.7. The van der Waals surface area contributed by atoms with Gasteiger partial charge in [0.1, 0.15) is 5.41 Å². The fourth-order valence-corrected chi connectivity index (χ4v) is 2.65. The maximum Gasteiger partial charge on any atom is 0.111 e. The van der Waals surface area contributed by atoms with Gasteiger partial charge in [-0.2, -0.15) is 5.26 Å². The van der Waals surface area contributed by atoms with Crippen LogP contribution in [-0.2, 0) is 4.74 Å². The van der Waals surface area contributed by atoms with Crippen LogP contribution < -0.4 is 5.32 Å². The lowest BCUT2D eigenvalue weighted by molar-refractivity contribution is -0.0669. The standard InChI is InChI=1S/C11H18N2O2/c12-8-10(4-7-15-9-10)11(14)2-1-5-13-6-3-11/h13-14H,1-7,9H2. The van der Waals surface area contributed by atoms with Crippen molar-refractivity contribution in [1.82, 2.24) is 5.32 Å². The average molecular weight is 210 g/mol. The summed E-state index contributed by atoms with van der Waals surface area (Å²) in [5, 5.41) is 23.2. The van der Waals surface area contributed by atoms with E-state index in [1.165, 1.54) is 0 Å². The van der Waals surface area contributed by atoms with Crippen molar-refractivity contribution in [2.75, 3.05) is 26.3 Å². The molecule has 0 amide bonds. The van der Waals surface area contributed by atoms with Crippen molar-refractivity contribution in [1.29, 1.82) is 5.26 Å². The third kappa shape index (κ3) is 1.76. The van der Waals surface area contributed by atoms with E-state index in [1.54, 1.807) is 0 Å². The predicted molar refractivity (Wildman–Crippen MR) is 55.2 cm³/mol. The number of ether oxygens (including phenoxy) is 1. The lowest BCUT2D eigenvalue weighted by atomic mass is 9.68. The summed E-state index contributed by atoms with van der Waals surface area (Å²) < 4.78 is 5.31. The van der Waals surface area contributed by atoms with Crippen LogP contribution in [0.25, 0.3) is 0 Å². The SMILES string of the molecule is N#CC1(C2(O)CCCNCC2)CCOC1. The van der Waals surface area contributed by atoms with Gasteiger partial charge in [0.05, 0.1) is 18.3 Å². The van der Waals surface area contributed by atoms with Gasteiger partial charge in [0.25, 0.3) is 0 Å². The van der Waals surface area contributed by atoms with E-state index >= 15 is 0 Å². The van der Waals surface area contributed by atoms with Gasteiger partial charge in [0, 0.05) is 6.61 Å². The van der Waals surface area contributed by atoms with Crippen LogP contribution in [0.4, 0.5) is 0 Å². The Morgan fingerprint density at radius 1 is 1.27 bits per heavy atom. The smallest absolute Gasteiger partial charge is 0.111 e. The molecule has 15 heavy (non-hydrogen) atoms. The molecule has 2 aliphatic rings. The summed E-state index contributed by atoms with van der Waals surface area (Å²) in [7, 11) is 0. The minimum atomic E-state index is -0.859. The van der Waals surface area contributed by atoms with Gasteiger partial charge < -0.3 is 15.2 Å². The molecule has 0 aliphatic carbocycles. The minimum Gasteiger partial charge on any atom is -0.388 e. The van der Waals surface area contributed by atoms with Crippen molar-refractivity contribution in [3.05, 3.63) is 0 Å². The molecule has 0 aromatic rings. The molecule has 0 saturated carbocycles. The Bertz CT molecular complexity index is 258. The van der Waals surface area contributed by atoms with Gasteiger partial charge >= 0.3 is 0 Å². The molecular weight excluding hydrogens is 192 g/mol. The highest BCUT2D eigenvalue weighted by Gasteiger charge is 2.52. The van der Waals surface area contributed by atoms with Gasteiger partial charge in [-0.05, 0) is 38.8 Å². The Hall–Kier alpha value is -0.630.